The number of furan rings is 1. The predicted molar refractivity (Wildman–Crippen MR) is 203 cm³/mol. The highest BCUT2D eigenvalue weighted by Crippen LogP contribution is 2.38. The Bertz CT molecular complexity index is 3120. The van der Waals surface area contributed by atoms with Crippen molar-refractivity contribution in [3.8, 4) is 28.9 Å². The molecule has 0 saturated heterocycles. The standard InChI is InChI=1S/C44H25N5O/c1-2-11-29-26(10-1)20-21-27-22-23-28-24-35(45-25-34(28)40(27)29)43-46-42(33-15-9-19-39-41(33)32-14-5-8-18-38(32)50-39)47-44(48-43)49-36-16-6-3-12-30(36)31-13-4-7-17-37(31)49/h1-25H. The van der Waals surface area contributed by atoms with Gasteiger partial charge in [0.15, 0.2) is 11.6 Å². The molecule has 0 amide bonds. The zero-order valence-electron chi connectivity index (χ0n) is 26.6. The average molecular weight is 640 g/mol. The minimum atomic E-state index is 0.497. The Morgan fingerprint density at radius 2 is 1.08 bits per heavy atom. The van der Waals surface area contributed by atoms with Crippen molar-refractivity contribution >= 4 is 76.1 Å². The number of aromatic nitrogens is 5. The third-order valence-electron chi connectivity index (χ3n) is 9.89. The van der Waals surface area contributed by atoms with Crippen LogP contribution in [0.15, 0.2) is 156 Å². The average Bonchev–Trinajstić information content (AvgIpc) is 3.73. The van der Waals surface area contributed by atoms with E-state index in [1.807, 2.05) is 36.5 Å². The van der Waals surface area contributed by atoms with Crippen LogP contribution < -0.4 is 0 Å². The van der Waals surface area contributed by atoms with Crippen molar-refractivity contribution in [3.05, 3.63) is 152 Å². The molecule has 0 aliphatic rings. The van der Waals surface area contributed by atoms with E-state index in [4.69, 9.17) is 24.4 Å². The fraction of sp³-hybridized carbons (Fsp3) is 0. The van der Waals surface area contributed by atoms with Crippen molar-refractivity contribution < 1.29 is 4.42 Å². The van der Waals surface area contributed by atoms with E-state index < -0.39 is 0 Å². The summed E-state index contributed by atoms with van der Waals surface area (Å²) < 4.78 is 8.40. The van der Waals surface area contributed by atoms with Gasteiger partial charge in [0.1, 0.15) is 16.9 Å². The molecule has 4 heterocycles. The fourth-order valence-electron chi connectivity index (χ4n) is 7.65. The minimum Gasteiger partial charge on any atom is -0.456 e. The number of rotatable bonds is 3. The third-order valence-corrected chi connectivity index (χ3v) is 9.89. The molecule has 0 radical (unpaired) electrons. The van der Waals surface area contributed by atoms with Crippen LogP contribution in [0.3, 0.4) is 0 Å². The van der Waals surface area contributed by atoms with E-state index in [1.165, 1.54) is 21.5 Å². The number of para-hydroxylation sites is 3. The van der Waals surface area contributed by atoms with Crippen LogP contribution in [-0.2, 0) is 0 Å². The van der Waals surface area contributed by atoms with Crippen molar-refractivity contribution in [2.75, 3.05) is 0 Å². The lowest BCUT2D eigenvalue weighted by Crippen LogP contribution is -2.07. The van der Waals surface area contributed by atoms with Gasteiger partial charge in [-0.3, -0.25) is 9.55 Å². The van der Waals surface area contributed by atoms with Gasteiger partial charge in [-0.2, -0.15) is 9.97 Å². The van der Waals surface area contributed by atoms with Crippen LogP contribution >= 0.6 is 0 Å². The van der Waals surface area contributed by atoms with Gasteiger partial charge in [0.2, 0.25) is 5.95 Å². The summed E-state index contributed by atoms with van der Waals surface area (Å²) in [5, 5.41) is 11.2. The molecule has 11 aromatic rings. The van der Waals surface area contributed by atoms with Crippen molar-refractivity contribution in [1.29, 1.82) is 0 Å². The van der Waals surface area contributed by atoms with Crippen molar-refractivity contribution in [2.24, 2.45) is 0 Å². The van der Waals surface area contributed by atoms with Gasteiger partial charge in [-0.05, 0) is 57.3 Å². The van der Waals surface area contributed by atoms with Gasteiger partial charge in [-0.25, -0.2) is 4.98 Å². The molecule has 6 heteroatoms. The SMILES string of the molecule is c1ccc2c(c1)ccc1ccc3cc(-c4nc(-c5cccc6oc7ccccc7c56)nc(-n5c6ccccc6c6ccccc65)n4)ncc3c12. The first-order chi connectivity index (χ1) is 24.8. The lowest BCUT2D eigenvalue weighted by Gasteiger charge is -2.12. The van der Waals surface area contributed by atoms with Crippen LogP contribution in [0.25, 0.3) is 105 Å². The lowest BCUT2D eigenvalue weighted by molar-refractivity contribution is 0.669. The highest BCUT2D eigenvalue weighted by Gasteiger charge is 2.21. The summed E-state index contributed by atoms with van der Waals surface area (Å²) in [6.07, 6.45) is 1.97. The summed E-state index contributed by atoms with van der Waals surface area (Å²) in [7, 11) is 0. The molecular weight excluding hydrogens is 615 g/mol. The first-order valence-corrected chi connectivity index (χ1v) is 16.6. The van der Waals surface area contributed by atoms with Crippen LogP contribution in [0.4, 0.5) is 0 Å². The topological polar surface area (TPSA) is 69.6 Å². The van der Waals surface area contributed by atoms with E-state index in [0.29, 0.717) is 23.3 Å². The molecule has 50 heavy (non-hydrogen) atoms. The summed E-state index contributed by atoms with van der Waals surface area (Å²) in [4.78, 5) is 20.6. The van der Waals surface area contributed by atoms with E-state index in [2.05, 4.69) is 120 Å². The van der Waals surface area contributed by atoms with Crippen LogP contribution in [0.5, 0.6) is 0 Å². The fourth-order valence-corrected chi connectivity index (χ4v) is 7.65. The highest BCUT2D eigenvalue weighted by molar-refractivity contribution is 6.20. The van der Waals surface area contributed by atoms with E-state index in [1.54, 1.807) is 0 Å². The number of hydrogen-bond donors (Lipinski definition) is 0. The normalized spacial score (nSPS) is 12.0. The van der Waals surface area contributed by atoms with E-state index >= 15 is 0 Å². The second-order valence-electron chi connectivity index (χ2n) is 12.7. The molecule has 0 spiro atoms. The van der Waals surface area contributed by atoms with Crippen molar-refractivity contribution in [3.63, 3.8) is 0 Å². The molecular formula is C44H25N5O. The number of benzene rings is 7. The molecule has 0 bridgehead atoms. The Morgan fingerprint density at radius 1 is 0.440 bits per heavy atom. The summed E-state index contributed by atoms with van der Waals surface area (Å²) in [6, 6.07) is 50.2. The van der Waals surface area contributed by atoms with Gasteiger partial charge in [-0.15, -0.1) is 0 Å². The van der Waals surface area contributed by atoms with Gasteiger partial charge >= 0.3 is 0 Å². The first kappa shape index (κ1) is 27.1. The van der Waals surface area contributed by atoms with E-state index in [0.717, 1.165) is 60.1 Å². The number of fused-ring (bicyclic) bond motifs is 11. The largest absolute Gasteiger partial charge is 0.456 e. The van der Waals surface area contributed by atoms with E-state index in [9.17, 15) is 0 Å². The van der Waals surface area contributed by atoms with Crippen LogP contribution in [0.1, 0.15) is 0 Å². The molecule has 4 aromatic heterocycles. The molecule has 11 rings (SSSR count). The van der Waals surface area contributed by atoms with Crippen LogP contribution in [0.2, 0.25) is 0 Å². The molecule has 7 aromatic carbocycles. The minimum absolute atomic E-state index is 0.497. The molecule has 0 fully saturated rings. The first-order valence-electron chi connectivity index (χ1n) is 16.6. The van der Waals surface area contributed by atoms with Gasteiger partial charge in [0.25, 0.3) is 0 Å². The van der Waals surface area contributed by atoms with Gasteiger partial charge in [0.05, 0.1) is 11.0 Å². The Morgan fingerprint density at radius 3 is 1.90 bits per heavy atom. The maximum absolute atomic E-state index is 6.27. The molecule has 0 atom stereocenters. The number of hydrogen-bond acceptors (Lipinski definition) is 5. The Balaban J connectivity index is 1.21. The molecule has 0 unspecified atom stereocenters. The third kappa shape index (κ3) is 3.90. The molecule has 0 aliphatic carbocycles. The zero-order chi connectivity index (χ0) is 32.8. The number of nitrogens with zero attached hydrogens (tertiary/aromatic N) is 5. The Kier molecular flexibility index (Phi) is 5.57. The van der Waals surface area contributed by atoms with Gasteiger partial charge in [0, 0.05) is 38.7 Å². The predicted octanol–water partition coefficient (Wildman–Crippen LogP) is 11.1. The van der Waals surface area contributed by atoms with Crippen molar-refractivity contribution in [1.82, 2.24) is 24.5 Å². The monoisotopic (exact) mass is 639 g/mol. The van der Waals surface area contributed by atoms with Crippen LogP contribution in [-0.4, -0.2) is 24.5 Å². The Hall–Kier alpha value is -6.92. The van der Waals surface area contributed by atoms with Crippen LogP contribution in [0, 0.1) is 0 Å². The molecule has 6 nitrogen and oxygen atoms in total. The molecule has 0 saturated carbocycles. The Labute approximate surface area is 284 Å². The number of pyridine rings is 1. The summed E-state index contributed by atoms with van der Waals surface area (Å²) >= 11 is 0. The second-order valence-corrected chi connectivity index (χ2v) is 12.7. The molecule has 0 aliphatic heterocycles. The summed E-state index contributed by atoms with van der Waals surface area (Å²) in [5.41, 5.74) is 5.19. The van der Waals surface area contributed by atoms with Crippen molar-refractivity contribution in [2.45, 2.75) is 0 Å². The van der Waals surface area contributed by atoms with E-state index in [-0.39, 0.29) is 0 Å². The van der Waals surface area contributed by atoms with Gasteiger partial charge in [-0.1, -0.05) is 115 Å². The maximum Gasteiger partial charge on any atom is 0.238 e. The second kappa shape index (κ2) is 10.3. The summed E-state index contributed by atoms with van der Waals surface area (Å²) in [5.74, 6) is 1.57. The summed E-state index contributed by atoms with van der Waals surface area (Å²) in [6.45, 7) is 0. The van der Waals surface area contributed by atoms with Gasteiger partial charge < -0.3 is 4.42 Å². The molecule has 0 N–H and O–H groups in total. The highest BCUT2D eigenvalue weighted by atomic mass is 16.3. The lowest BCUT2D eigenvalue weighted by atomic mass is 9.97. The molecule has 232 valence electrons. The maximum atomic E-state index is 6.27. The quantitative estimate of drug-likeness (QED) is 0.180. The smallest absolute Gasteiger partial charge is 0.238 e. The zero-order valence-corrected chi connectivity index (χ0v) is 26.6.